The summed E-state index contributed by atoms with van der Waals surface area (Å²) in [4.78, 5) is 16.6. The van der Waals surface area contributed by atoms with Gasteiger partial charge in [-0.1, -0.05) is 40.2 Å². The van der Waals surface area contributed by atoms with Gasteiger partial charge in [-0.25, -0.2) is 0 Å². The number of nitrogens with zero attached hydrogens (tertiary/aromatic N) is 1. The van der Waals surface area contributed by atoms with E-state index >= 15 is 0 Å². The van der Waals surface area contributed by atoms with E-state index < -0.39 is 0 Å². The van der Waals surface area contributed by atoms with Gasteiger partial charge in [0.2, 0.25) is 0 Å². The first-order valence-electron chi connectivity index (χ1n) is 7.82. The van der Waals surface area contributed by atoms with Gasteiger partial charge in [-0.15, -0.1) is 0 Å². The fourth-order valence-corrected chi connectivity index (χ4v) is 4.50. The quantitative estimate of drug-likeness (QED) is 0.766. The molecule has 0 aliphatic carbocycles. The van der Waals surface area contributed by atoms with Gasteiger partial charge in [0, 0.05) is 18.0 Å². The van der Waals surface area contributed by atoms with Gasteiger partial charge >= 0.3 is 5.97 Å². The van der Waals surface area contributed by atoms with Crippen LogP contribution in [0.2, 0.25) is 0 Å². The van der Waals surface area contributed by atoms with E-state index in [9.17, 15) is 4.79 Å². The Morgan fingerprint density at radius 1 is 1.32 bits per heavy atom. The lowest BCUT2D eigenvalue weighted by molar-refractivity contribution is -0.150. The van der Waals surface area contributed by atoms with Crippen molar-refractivity contribution in [1.82, 2.24) is 4.90 Å². The first-order valence-corrected chi connectivity index (χ1v) is 8.73. The molecule has 2 saturated heterocycles. The predicted octanol–water partition coefficient (Wildman–Crippen LogP) is 3.79. The second-order valence-corrected chi connectivity index (χ2v) is 6.84. The number of piperidine rings is 1. The molecule has 4 heteroatoms. The summed E-state index contributed by atoms with van der Waals surface area (Å²) in [5, 5.41) is 0. The van der Waals surface area contributed by atoms with E-state index in [-0.39, 0.29) is 17.8 Å². The second-order valence-electron chi connectivity index (χ2n) is 6.31. The summed E-state index contributed by atoms with van der Waals surface area (Å²) in [5.41, 5.74) is 2.42. The number of hydrogen-bond acceptors (Lipinski definition) is 3. The molecule has 0 aromatic heterocycles. The van der Waals surface area contributed by atoms with Crippen LogP contribution in [0.15, 0.2) is 29.3 Å². The summed E-state index contributed by atoms with van der Waals surface area (Å²) in [6.45, 7) is 0. The summed E-state index contributed by atoms with van der Waals surface area (Å²) < 4.78 is 5.12. The molecule has 0 N–H and O–H groups in total. The number of fused-ring (bicyclic) bond motifs is 2. The van der Waals surface area contributed by atoms with E-state index in [4.69, 9.17) is 4.74 Å². The first kappa shape index (κ1) is 15.8. The van der Waals surface area contributed by atoms with Gasteiger partial charge in [0.05, 0.1) is 13.0 Å². The molecule has 3 nitrogen and oxygen atoms in total. The van der Waals surface area contributed by atoms with Crippen LogP contribution < -0.4 is 0 Å². The average molecular weight is 363 g/mol. The lowest BCUT2D eigenvalue weighted by Crippen LogP contribution is -2.49. The van der Waals surface area contributed by atoms with Gasteiger partial charge in [-0.05, 0) is 48.5 Å². The topological polar surface area (TPSA) is 29.5 Å². The number of rotatable bonds is 3. The van der Waals surface area contributed by atoms with Crippen molar-refractivity contribution in [2.24, 2.45) is 5.92 Å². The van der Waals surface area contributed by atoms with Crippen LogP contribution >= 0.6 is 15.9 Å². The molecule has 2 heterocycles. The Hall–Kier alpha value is -1.13. The predicted molar refractivity (Wildman–Crippen MR) is 91.8 cm³/mol. The van der Waals surface area contributed by atoms with E-state index in [1.54, 1.807) is 0 Å². The van der Waals surface area contributed by atoms with Crippen LogP contribution in [0.1, 0.15) is 36.3 Å². The van der Waals surface area contributed by atoms with Crippen molar-refractivity contribution < 1.29 is 9.53 Å². The van der Waals surface area contributed by atoms with Crippen molar-refractivity contribution in [3.63, 3.8) is 0 Å². The van der Waals surface area contributed by atoms with Crippen LogP contribution in [-0.4, -0.2) is 37.1 Å². The molecule has 2 fully saturated rings. The van der Waals surface area contributed by atoms with Gasteiger partial charge in [0.15, 0.2) is 0 Å². The zero-order chi connectivity index (χ0) is 15.7. The van der Waals surface area contributed by atoms with Crippen molar-refractivity contribution in [3.05, 3.63) is 40.4 Å². The van der Waals surface area contributed by atoms with Gasteiger partial charge in [0.1, 0.15) is 0 Å². The van der Waals surface area contributed by atoms with Gasteiger partial charge < -0.3 is 4.74 Å². The summed E-state index contributed by atoms with van der Waals surface area (Å²) in [5.74, 6) is 0.154. The van der Waals surface area contributed by atoms with Crippen LogP contribution in [-0.2, 0) is 9.53 Å². The number of esters is 1. The SMILES string of the molecule is COC(=O)[C@@H]1[C@H](c2ccc(/C=C\Br)cc2)C[C@H]2CC[C@@H]1N2[11CH3]. The molecule has 0 spiro atoms. The molecule has 1 aromatic carbocycles. The molecule has 118 valence electrons. The van der Waals surface area contributed by atoms with E-state index in [1.807, 2.05) is 11.1 Å². The highest BCUT2D eigenvalue weighted by Crippen LogP contribution is 2.46. The van der Waals surface area contributed by atoms with Gasteiger partial charge in [-0.3, -0.25) is 9.69 Å². The number of halogens is 1. The number of hydrogen-bond donors (Lipinski definition) is 0. The molecule has 22 heavy (non-hydrogen) atoms. The minimum Gasteiger partial charge on any atom is -0.469 e. The van der Waals surface area contributed by atoms with E-state index in [0.29, 0.717) is 12.1 Å². The van der Waals surface area contributed by atoms with Crippen LogP contribution in [0.25, 0.3) is 6.08 Å². The largest absolute Gasteiger partial charge is 0.469 e. The molecule has 0 amide bonds. The van der Waals surface area contributed by atoms with E-state index in [2.05, 4.69) is 52.1 Å². The van der Waals surface area contributed by atoms with Crippen molar-refractivity contribution in [2.45, 2.75) is 37.3 Å². The zero-order valence-electron chi connectivity index (χ0n) is 13.0. The molecular formula is C18H22BrNO2. The van der Waals surface area contributed by atoms with Crippen molar-refractivity contribution in [3.8, 4) is 0 Å². The fourth-order valence-electron chi connectivity index (χ4n) is 4.19. The number of methoxy groups -OCH3 is 1. The third-order valence-corrected chi connectivity index (χ3v) is 5.63. The summed E-state index contributed by atoms with van der Waals surface area (Å²) in [6.07, 6.45) is 5.34. The smallest absolute Gasteiger partial charge is 0.310 e. The lowest BCUT2D eigenvalue weighted by atomic mass is 9.75. The Kier molecular flexibility index (Phi) is 4.69. The molecule has 0 saturated carbocycles. The molecular weight excluding hydrogens is 341 g/mol. The fraction of sp³-hybridized carbons (Fsp3) is 0.500. The maximum atomic E-state index is 12.4. The van der Waals surface area contributed by atoms with Crippen LogP contribution in [0.5, 0.6) is 0 Å². The van der Waals surface area contributed by atoms with Crippen LogP contribution in [0, 0.1) is 5.92 Å². The summed E-state index contributed by atoms with van der Waals surface area (Å²) in [6, 6.07) is 9.46. The molecule has 0 unspecified atom stereocenters. The number of carbonyl (C=O) groups excluding carboxylic acids is 1. The minimum absolute atomic E-state index is 0.0497. The number of ether oxygens (including phenoxy) is 1. The highest BCUT2D eigenvalue weighted by atomic mass is 79.9. The number of carbonyl (C=O) groups is 1. The Morgan fingerprint density at radius 2 is 2.05 bits per heavy atom. The third kappa shape index (κ3) is 2.74. The highest BCUT2D eigenvalue weighted by Gasteiger charge is 2.49. The highest BCUT2D eigenvalue weighted by molar-refractivity contribution is 9.11. The monoisotopic (exact) mass is 362 g/mol. The van der Waals surface area contributed by atoms with E-state index in [0.717, 1.165) is 18.4 Å². The Balaban J connectivity index is 1.91. The summed E-state index contributed by atoms with van der Waals surface area (Å²) >= 11 is 3.30. The third-order valence-electron chi connectivity index (χ3n) is 5.36. The molecule has 3 rings (SSSR count). The molecule has 2 aliphatic rings. The standard InChI is InChI=1S/C18H22BrNO2/c1-20-14-7-8-16(20)17(18(21)22-2)15(11-14)13-5-3-12(4-6-13)9-10-19/h3-6,9-10,14-17H,7-8,11H2,1-2H3/b10-9-/t14-,15+,16+,17-/m1/s1/i1-1. The van der Waals surface area contributed by atoms with Crippen LogP contribution in [0.4, 0.5) is 0 Å². The van der Waals surface area contributed by atoms with Crippen molar-refractivity contribution >= 4 is 28.0 Å². The lowest BCUT2D eigenvalue weighted by Gasteiger charge is -2.41. The molecule has 2 bridgehead atoms. The Labute approximate surface area is 140 Å². The van der Waals surface area contributed by atoms with Crippen molar-refractivity contribution in [2.75, 3.05) is 14.2 Å². The maximum Gasteiger partial charge on any atom is 0.310 e. The van der Waals surface area contributed by atoms with Gasteiger partial charge in [-0.2, -0.15) is 0 Å². The van der Waals surface area contributed by atoms with Gasteiger partial charge in [0.25, 0.3) is 0 Å². The molecule has 2 aliphatic heterocycles. The Bertz CT molecular complexity index is 569. The molecule has 0 radical (unpaired) electrons. The molecule has 4 atom stereocenters. The van der Waals surface area contributed by atoms with E-state index in [1.165, 1.54) is 19.1 Å². The minimum atomic E-state index is -0.0633. The average Bonchev–Trinajstić information content (AvgIpc) is 2.77. The Morgan fingerprint density at radius 3 is 2.68 bits per heavy atom. The first-order chi connectivity index (χ1) is 10.7. The maximum absolute atomic E-state index is 12.4. The normalized spacial score (nSPS) is 31.6. The zero-order valence-corrected chi connectivity index (χ0v) is 14.6. The number of benzene rings is 1. The second kappa shape index (κ2) is 6.55. The van der Waals surface area contributed by atoms with Crippen molar-refractivity contribution in [1.29, 1.82) is 0 Å². The van der Waals surface area contributed by atoms with Crippen LogP contribution in [0.3, 0.4) is 0 Å². The molecule has 1 aromatic rings. The summed E-state index contributed by atoms with van der Waals surface area (Å²) in [7, 11) is 3.66.